The molecule has 3 rings (SSSR count). The number of imide groups is 1. The molecule has 6 nitrogen and oxygen atoms in total. The predicted molar refractivity (Wildman–Crippen MR) is 75.8 cm³/mol. The SMILES string of the molecule is O=C1CN(C(=O)c2cc(Cl)nc3ccccc23)CC(=O)N1. The van der Waals surface area contributed by atoms with Gasteiger partial charge in [0.2, 0.25) is 11.8 Å². The molecule has 1 aliphatic rings. The highest BCUT2D eigenvalue weighted by Gasteiger charge is 2.28. The number of piperazine rings is 1. The summed E-state index contributed by atoms with van der Waals surface area (Å²) < 4.78 is 0. The highest BCUT2D eigenvalue weighted by molar-refractivity contribution is 6.30. The minimum absolute atomic E-state index is 0.154. The molecule has 0 atom stereocenters. The quantitative estimate of drug-likeness (QED) is 0.629. The molecular weight excluding hydrogens is 294 g/mol. The maximum atomic E-state index is 12.6. The first-order chi connectivity index (χ1) is 10.0. The number of aromatic nitrogens is 1. The van der Waals surface area contributed by atoms with Crippen LogP contribution in [-0.2, 0) is 9.59 Å². The van der Waals surface area contributed by atoms with Crippen LogP contribution < -0.4 is 5.32 Å². The van der Waals surface area contributed by atoms with Crippen molar-refractivity contribution in [3.63, 3.8) is 0 Å². The number of pyridine rings is 1. The first-order valence-corrected chi connectivity index (χ1v) is 6.59. The molecule has 7 heteroatoms. The Hall–Kier alpha value is -2.47. The van der Waals surface area contributed by atoms with Crippen LogP contribution in [-0.4, -0.2) is 40.7 Å². The van der Waals surface area contributed by atoms with E-state index in [1.807, 2.05) is 0 Å². The van der Waals surface area contributed by atoms with Crippen molar-refractivity contribution in [1.29, 1.82) is 0 Å². The molecule has 0 spiro atoms. The Bertz CT molecular complexity index is 759. The minimum atomic E-state index is -0.496. The number of rotatable bonds is 1. The molecule has 0 bridgehead atoms. The second kappa shape index (κ2) is 5.14. The molecule has 0 unspecified atom stereocenters. The van der Waals surface area contributed by atoms with Crippen LogP contribution in [0.15, 0.2) is 30.3 Å². The smallest absolute Gasteiger partial charge is 0.255 e. The summed E-state index contributed by atoms with van der Waals surface area (Å²) in [6, 6.07) is 8.51. The van der Waals surface area contributed by atoms with Gasteiger partial charge < -0.3 is 4.90 Å². The molecular formula is C14H10ClN3O3. The summed E-state index contributed by atoms with van der Waals surface area (Å²) in [6.45, 7) is -0.308. The Kier molecular flexibility index (Phi) is 3.31. The van der Waals surface area contributed by atoms with Gasteiger partial charge in [-0.1, -0.05) is 29.8 Å². The van der Waals surface area contributed by atoms with Crippen LogP contribution >= 0.6 is 11.6 Å². The summed E-state index contributed by atoms with van der Waals surface area (Å²) in [5.74, 6) is -1.41. The third-order valence-corrected chi connectivity index (χ3v) is 3.34. The molecule has 0 aliphatic carbocycles. The predicted octanol–water partition coefficient (Wildman–Crippen LogP) is 0.987. The first kappa shape index (κ1) is 13.5. The molecule has 1 aromatic carbocycles. The van der Waals surface area contributed by atoms with Crippen molar-refractivity contribution in [2.45, 2.75) is 0 Å². The van der Waals surface area contributed by atoms with E-state index in [0.717, 1.165) is 0 Å². The fourth-order valence-corrected chi connectivity index (χ4v) is 2.47. The molecule has 0 saturated carbocycles. The van der Waals surface area contributed by atoms with E-state index in [0.29, 0.717) is 16.5 Å². The third-order valence-electron chi connectivity index (χ3n) is 3.15. The summed E-state index contributed by atoms with van der Waals surface area (Å²) in [4.78, 5) is 40.7. The summed E-state index contributed by atoms with van der Waals surface area (Å²) in [6.07, 6.45) is 0. The molecule has 1 aliphatic heterocycles. The fraction of sp³-hybridized carbons (Fsp3) is 0.143. The second-order valence-electron chi connectivity index (χ2n) is 4.64. The van der Waals surface area contributed by atoms with Crippen LogP contribution in [0.4, 0.5) is 0 Å². The Labute approximate surface area is 124 Å². The van der Waals surface area contributed by atoms with Gasteiger partial charge >= 0.3 is 0 Å². The van der Waals surface area contributed by atoms with E-state index >= 15 is 0 Å². The molecule has 3 amide bonds. The lowest BCUT2D eigenvalue weighted by molar-refractivity contribution is -0.135. The summed E-state index contributed by atoms with van der Waals surface area (Å²) in [5, 5.41) is 2.97. The average Bonchev–Trinajstić information content (AvgIpc) is 2.44. The monoisotopic (exact) mass is 303 g/mol. The maximum Gasteiger partial charge on any atom is 0.255 e. The number of hydrogen-bond donors (Lipinski definition) is 1. The van der Waals surface area contributed by atoms with E-state index in [1.54, 1.807) is 24.3 Å². The zero-order chi connectivity index (χ0) is 15.0. The number of hydrogen-bond acceptors (Lipinski definition) is 4. The van der Waals surface area contributed by atoms with Gasteiger partial charge in [0.1, 0.15) is 18.2 Å². The van der Waals surface area contributed by atoms with Crippen molar-refractivity contribution in [3.8, 4) is 0 Å². The summed E-state index contributed by atoms with van der Waals surface area (Å²) >= 11 is 5.94. The van der Waals surface area contributed by atoms with Gasteiger partial charge in [-0.3, -0.25) is 19.7 Å². The Morgan fingerprint density at radius 2 is 1.86 bits per heavy atom. The number of benzene rings is 1. The number of amides is 3. The van der Waals surface area contributed by atoms with Gasteiger partial charge in [-0.15, -0.1) is 0 Å². The molecule has 1 aromatic heterocycles. The zero-order valence-electron chi connectivity index (χ0n) is 10.8. The Morgan fingerprint density at radius 3 is 2.57 bits per heavy atom. The van der Waals surface area contributed by atoms with Crippen molar-refractivity contribution in [2.24, 2.45) is 0 Å². The normalized spacial score (nSPS) is 15.2. The van der Waals surface area contributed by atoms with Gasteiger partial charge in [0.25, 0.3) is 5.91 Å². The van der Waals surface area contributed by atoms with E-state index in [1.165, 1.54) is 11.0 Å². The molecule has 1 N–H and O–H groups in total. The minimum Gasteiger partial charge on any atom is -0.320 e. The average molecular weight is 304 g/mol. The van der Waals surface area contributed by atoms with Crippen LogP contribution in [0.1, 0.15) is 10.4 Å². The van der Waals surface area contributed by atoms with E-state index in [2.05, 4.69) is 10.3 Å². The van der Waals surface area contributed by atoms with Gasteiger partial charge in [-0.25, -0.2) is 4.98 Å². The van der Waals surface area contributed by atoms with E-state index in [4.69, 9.17) is 11.6 Å². The second-order valence-corrected chi connectivity index (χ2v) is 5.03. The van der Waals surface area contributed by atoms with Crippen LogP contribution in [0, 0.1) is 0 Å². The lowest BCUT2D eigenvalue weighted by Gasteiger charge is -2.25. The number of nitrogens with zero attached hydrogens (tertiary/aromatic N) is 2. The molecule has 21 heavy (non-hydrogen) atoms. The highest BCUT2D eigenvalue weighted by atomic mass is 35.5. The van der Waals surface area contributed by atoms with Gasteiger partial charge in [0.15, 0.2) is 0 Å². The van der Waals surface area contributed by atoms with Crippen molar-refractivity contribution < 1.29 is 14.4 Å². The standard InChI is InChI=1S/C14H10ClN3O3/c15-11-5-9(8-3-1-2-4-10(8)16-11)14(21)18-6-12(19)17-13(20)7-18/h1-5H,6-7H2,(H,17,19,20). The van der Waals surface area contributed by atoms with Gasteiger partial charge in [-0.05, 0) is 12.1 Å². The van der Waals surface area contributed by atoms with Gasteiger partial charge in [0.05, 0.1) is 11.1 Å². The number of halogens is 1. The van der Waals surface area contributed by atoms with E-state index in [9.17, 15) is 14.4 Å². The fourth-order valence-electron chi connectivity index (χ4n) is 2.27. The van der Waals surface area contributed by atoms with Crippen molar-refractivity contribution in [1.82, 2.24) is 15.2 Å². The van der Waals surface area contributed by atoms with Crippen LogP contribution in [0.3, 0.4) is 0 Å². The van der Waals surface area contributed by atoms with E-state index < -0.39 is 17.7 Å². The number of carbonyl (C=O) groups excluding carboxylic acids is 3. The van der Waals surface area contributed by atoms with Crippen LogP contribution in [0.25, 0.3) is 10.9 Å². The Morgan fingerprint density at radius 1 is 1.19 bits per heavy atom. The molecule has 1 saturated heterocycles. The first-order valence-electron chi connectivity index (χ1n) is 6.22. The molecule has 2 aromatic rings. The van der Waals surface area contributed by atoms with E-state index in [-0.39, 0.29) is 18.2 Å². The summed E-state index contributed by atoms with van der Waals surface area (Å²) in [7, 11) is 0. The Balaban J connectivity index is 2.05. The zero-order valence-corrected chi connectivity index (χ0v) is 11.6. The molecule has 0 radical (unpaired) electrons. The number of para-hydroxylation sites is 1. The largest absolute Gasteiger partial charge is 0.320 e. The number of nitrogens with one attached hydrogen (secondary N) is 1. The third kappa shape index (κ3) is 2.57. The molecule has 1 fully saturated rings. The van der Waals surface area contributed by atoms with Crippen molar-refractivity contribution in [3.05, 3.63) is 41.0 Å². The van der Waals surface area contributed by atoms with Crippen molar-refractivity contribution >= 4 is 40.2 Å². The van der Waals surface area contributed by atoms with Crippen LogP contribution in [0.5, 0.6) is 0 Å². The molecule has 2 heterocycles. The maximum absolute atomic E-state index is 12.6. The highest BCUT2D eigenvalue weighted by Crippen LogP contribution is 2.22. The van der Waals surface area contributed by atoms with Crippen molar-refractivity contribution in [2.75, 3.05) is 13.1 Å². The number of fused-ring (bicyclic) bond motifs is 1. The topological polar surface area (TPSA) is 79.4 Å². The molecule has 106 valence electrons. The van der Waals surface area contributed by atoms with Crippen LogP contribution in [0.2, 0.25) is 5.15 Å². The lowest BCUT2D eigenvalue weighted by Crippen LogP contribution is -2.53. The number of carbonyl (C=O) groups is 3. The van der Waals surface area contributed by atoms with Gasteiger partial charge in [0, 0.05) is 5.39 Å². The lowest BCUT2D eigenvalue weighted by atomic mass is 10.1. The van der Waals surface area contributed by atoms with Gasteiger partial charge in [-0.2, -0.15) is 0 Å². The summed E-state index contributed by atoms with van der Waals surface area (Å²) in [5.41, 5.74) is 0.911.